The zero-order chi connectivity index (χ0) is 87.1. The van der Waals surface area contributed by atoms with Crippen molar-refractivity contribution in [3.05, 3.63) is 209 Å². The largest absolute Gasteiger partial charge is 0.492 e. The van der Waals surface area contributed by atoms with Crippen LogP contribution >= 0.6 is 0 Å². The van der Waals surface area contributed by atoms with Crippen LogP contribution in [0.5, 0.6) is 17.2 Å². The molecule has 16 heteroatoms. The van der Waals surface area contributed by atoms with E-state index in [1.54, 1.807) is 48.5 Å². The number of hydrogen-bond acceptors (Lipinski definition) is 16. The molecule has 2 spiro atoms. The first-order chi connectivity index (χ1) is 61.0. The minimum absolute atomic E-state index is 0.00591. The number of pyridine rings is 4. The smallest absolute Gasteiger partial charge is 0.336 e. The predicted molar refractivity (Wildman–Crippen MR) is 501 cm³/mol. The standard InChI is InChI=1S/C109H128N8O8/c1-11-20-21-22-27-30-33-73-35-37-74(38-36-73)75-39-41-78(42-40-75)79-64-89-96(110-68-79)97-90(108(89)104(82(12-2)13-3)54-56-105(108,57-55-104)83(14-4)15-5)65-80(69-111-97)100-114-102-103(115-100)117-101(116-102)81-66-91-98(112-70-81)99-92(109(91)106(84(16-6)17-7)58-60-107(109,61-59-106)85(18-8)19-9)67-88(71-113-99)122-62-31-28-25-23-24-26-29-32-63-123-93(119)52-53-95(121)125-87-49-45-77(46-50-87)76-43-47-86(48-44-76)124-94(120)51-34-72(10)118/h34-53,64-71,82-85H,11-33,54-63H2,1-10H3/b51-34+,53-52+. The van der Waals surface area contributed by atoms with Crippen molar-refractivity contribution in [1.29, 1.82) is 0 Å². The third-order valence-corrected chi connectivity index (χ3v) is 31.4. The third kappa shape index (κ3) is 15.8. The van der Waals surface area contributed by atoms with Crippen LogP contribution in [0.3, 0.4) is 0 Å². The molecule has 0 saturated heterocycles. The maximum atomic E-state index is 12.6. The molecule has 8 aromatic rings. The number of carbonyl (C=O) groups is 4. The Morgan fingerprint density at radius 2 is 0.648 bits per heavy atom. The normalized spacial score (nSPS) is 22.0. The number of hydrogen-bond donors (Lipinski definition) is 0. The Balaban J connectivity index is 0.581. The topological polar surface area (TPSA) is 206 Å². The molecule has 125 heavy (non-hydrogen) atoms. The quantitative estimate of drug-likeness (QED) is 0.0152. The number of ketones is 1. The second-order valence-corrected chi connectivity index (χ2v) is 37.2. The number of aromatic nitrogens is 4. The number of fused-ring (bicyclic) bond motifs is 7. The summed E-state index contributed by atoms with van der Waals surface area (Å²) in [6, 6.07) is 42.2. The van der Waals surface area contributed by atoms with Crippen LogP contribution in [0.25, 0.3) is 56.2 Å². The molecule has 0 amide bonds. The van der Waals surface area contributed by atoms with Gasteiger partial charge in [-0.25, -0.2) is 34.4 Å². The molecule has 652 valence electrons. The molecule has 6 aliphatic carbocycles. The molecule has 4 aromatic carbocycles. The number of aryl methyl sites for hydroxylation is 1. The summed E-state index contributed by atoms with van der Waals surface area (Å²) in [5.74, 6) is 3.64. The number of esters is 3. The van der Waals surface area contributed by atoms with Crippen molar-refractivity contribution >= 4 is 47.0 Å². The molecular weight excluding hydrogens is 1550 g/mol. The Bertz CT molecular complexity index is 5390. The van der Waals surface area contributed by atoms with Gasteiger partial charge in [-0.3, -0.25) is 24.7 Å². The van der Waals surface area contributed by atoms with Gasteiger partial charge in [0.15, 0.2) is 17.5 Å². The van der Waals surface area contributed by atoms with Crippen LogP contribution in [0.4, 0.5) is 0 Å². The van der Waals surface area contributed by atoms with Crippen LogP contribution in [0.15, 0.2) is 190 Å². The second kappa shape index (κ2) is 38.0. The van der Waals surface area contributed by atoms with E-state index in [2.05, 4.69) is 141 Å². The maximum Gasteiger partial charge on any atom is 0.336 e. The van der Waals surface area contributed by atoms with Gasteiger partial charge in [-0.1, -0.05) is 257 Å². The number of benzene rings is 4. The summed E-state index contributed by atoms with van der Waals surface area (Å²) in [4.78, 5) is 91.7. The highest BCUT2D eigenvalue weighted by molar-refractivity contribution is 6.53. The van der Waals surface area contributed by atoms with Crippen molar-refractivity contribution in [2.75, 3.05) is 13.2 Å². The summed E-state index contributed by atoms with van der Waals surface area (Å²) in [5, 5.41) is 0. The van der Waals surface area contributed by atoms with Gasteiger partial charge in [0.2, 0.25) is 11.7 Å². The molecule has 16 rings (SSSR count). The molecule has 4 aromatic heterocycles. The first-order valence-corrected chi connectivity index (χ1v) is 47.9. The number of unbranched alkanes of at least 4 members (excludes halogenated alkanes) is 12. The second-order valence-electron chi connectivity index (χ2n) is 37.2. The highest BCUT2D eigenvalue weighted by Gasteiger charge is 2.79. The summed E-state index contributed by atoms with van der Waals surface area (Å²) >= 11 is 0. The fourth-order valence-electron chi connectivity index (χ4n) is 26.1. The molecule has 6 heterocycles. The molecule has 0 unspecified atom stereocenters. The van der Waals surface area contributed by atoms with Gasteiger partial charge in [0, 0.05) is 64.3 Å². The fourth-order valence-corrected chi connectivity index (χ4v) is 26.1. The number of allylic oxidation sites excluding steroid dienone is 1. The Morgan fingerprint density at radius 1 is 0.328 bits per heavy atom. The van der Waals surface area contributed by atoms with E-state index in [9.17, 15) is 19.2 Å². The van der Waals surface area contributed by atoms with E-state index in [0.717, 1.165) is 184 Å². The van der Waals surface area contributed by atoms with Gasteiger partial charge in [-0.05, 0) is 240 Å². The van der Waals surface area contributed by atoms with Crippen LogP contribution in [-0.2, 0) is 41.2 Å². The maximum absolute atomic E-state index is 12.6. The van der Waals surface area contributed by atoms with E-state index in [1.807, 2.05) is 18.6 Å². The molecule has 2 aliphatic heterocycles. The first-order valence-electron chi connectivity index (χ1n) is 47.9. The van der Waals surface area contributed by atoms with Gasteiger partial charge in [-0.15, -0.1) is 0 Å². The molecule has 8 aliphatic rings. The number of aliphatic imine (C=N–C) groups is 4. The minimum Gasteiger partial charge on any atom is -0.492 e. The number of ether oxygens (including phenoxy) is 4. The Kier molecular flexibility index (Phi) is 26.7. The van der Waals surface area contributed by atoms with E-state index >= 15 is 0 Å². The molecule has 0 N–H and O–H groups in total. The van der Waals surface area contributed by atoms with Gasteiger partial charge in [0.25, 0.3) is 0 Å². The van der Waals surface area contributed by atoms with Crippen LogP contribution in [0.2, 0.25) is 0 Å². The molecule has 4 saturated carbocycles. The zero-order valence-corrected chi connectivity index (χ0v) is 75.7. The van der Waals surface area contributed by atoms with E-state index < -0.39 is 17.9 Å². The van der Waals surface area contributed by atoms with Gasteiger partial charge in [0.05, 0.1) is 42.2 Å². The highest BCUT2D eigenvalue weighted by atomic mass is 16.5. The van der Waals surface area contributed by atoms with E-state index in [-0.39, 0.29) is 44.9 Å². The van der Waals surface area contributed by atoms with Crippen LogP contribution in [-0.4, -0.2) is 80.2 Å². The highest BCUT2D eigenvalue weighted by Crippen LogP contribution is 2.85. The average molecular weight is 1680 g/mol. The van der Waals surface area contributed by atoms with Crippen LogP contribution in [0, 0.1) is 45.3 Å². The summed E-state index contributed by atoms with van der Waals surface area (Å²) in [6.45, 7) is 24.0. The number of carbonyl (C=O) groups excluding carboxylic acids is 4. The lowest BCUT2D eigenvalue weighted by molar-refractivity contribution is -0.138. The van der Waals surface area contributed by atoms with Crippen molar-refractivity contribution in [3.8, 4) is 73.4 Å². The van der Waals surface area contributed by atoms with Crippen molar-refractivity contribution in [1.82, 2.24) is 19.9 Å². The number of amidine groups is 4. The van der Waals surface area contributed by atoms with Gasteiger partial charge in [0.1, 0.15) is 17.2 Å². The lowest BCUT2D eigenvalue weighted by atomic mass is 9.49. The third-order valence-electron chi connectivity index (χ3n) is 31.4. The van der Waals surface area contributed by atoms with Gasteiger partial charge < -0.3 is 18.9 Å². The van der Waals surface area contributed by atoms with Crippen molar-refractivity contribution < 1.29 is 38.1 Å². The Hall–Kier alpha value is -10.5. The summed E-state index contributed by atoms with van der Waals surface area (Å²) in [7, 11) is 0. The lowest BCUT2D eigenvalue weighted by Gasteiger charge is -2.53. The minimum atomic E-state index is -0.696. The van der Waals surface area contributed by atoms with Crippen molar-refractivity contribution in [2.24, 2.45) is 65.3 Å². The molecule has 16 nitrogen and oxygen atoms in total. The summed E-state index contributed by atoms with van der Waals surface area (Å²) in [6.07, 6.45) is 48.0. The molecule has 0 atom stereocenters. The molecule has 4 fully saturated rings. The summed E-state index contributed by atoms with van der Waals surface area (Å²) in [5.41, 5.74) is 18.5. The summed E-state index contributed by atoms with van der Waals surface area (Å²) < 4.78 is 22.9. The van der Waals surface area contributed by atoms with Crippen molar-refractivity contribution in [2.45, 2.75) is 279 Å². The lowest BCUT2D eigenvalue weighted by Crippen LogP contribution is -2.51. The first kappa shape index (κ1) is 88.0. The number of nitrogens with zero attached hydrogens (tertiary/aromatic N) is 8. The molecule has 0 radical (unpaired) electrons. The molecule has 4 bridgehead atoms. The number of rotatable bonds is 42. The monoisotopic (exact) mass is 1680 g/mol. The van der Waals surface area contributed by atoms with E-state index in [4.69, 9.17) is 58.9 Å². The van der Waals surface area contributed by atoms with Gasteiger partial charge in [-0.2, -0.15) is 0 Å². The average Bonchev–Trinajstić information content (AvgIpc) is 1.47. The van der Waals surface area contributed by atoms with E-state index in [1.165, 1.54) is 147 Å². The molecular formula is C109H128N8O8. The van der Waals surface area contributed by atoms with Crippen molar-refractivity contribution in [3.63, 3.8) is 0 Å². The zero-order valence-electron chi connectivity index (χ0n) is 75.7. The van der Waals surface area contributed by atoms with Gasteiger partial charge >= 0.3 is 17.9 Å². The van der Waals surface area contributed by atoms with Crippen LogP contribution < -0.4 is 14.2 Å². The SMILES string of the molecule is CCCCCCCCc1ccc(-c2ccc(-c3cnc4c(c3)C3(c5cc(C6=NC7=NC(c8cnc9c(c8)C8(c%10cc(OCCCCCCCCCCOC(=O)/C=C/C(=O)Oc%11ccc(-c%12ccc(OC(=O)/C=C/C(C)=O)cc%12)cc%11)cnc%10-9)C9(C(CC)CC)CCC8(C(CC)CC)CC9)=NC7=N6)cnc5-4)C4(C(CC)CC)CCC3(C(CC)CC)CC4)cc2)cc1. The van der Waals surface area contributed by atoms with Crippen LogP contribution in [0.1, 0.15) is 301 Å². The predicted octanol–water partition coefficient (Wildman–Crippen LogP) is 25.8. The Labute approximate surface area is 741 Å². The van der Waals surface area contributed by atoms with E-state index in [0.29, 0.717) is 65.1 Å². The fraction of sp³-hybridized carbons (Fsp3) is 0.486. The Morgan fingerprint density at radius 3 is 1.06 bits per heavy atom.